The Balaban J connectivity index is 3.11. The molecule has 0 saturated carbocycles. The van der Waals surface area contributed by atoms with Crippen molar-refractivity contribution in [3.05, 3.63) is 34.1 Å². The quantitative estimate of drug-likeness (QED) is 0.683. The second-order valence-corrected chi connectivity index (χ2v) is 7.29. The first-order valence-electron chi connectivity index (χ1n) is 5.91. The predicted molar refractivity (Wildman–Crippen MR) is 72.3 cm³/mol. The molecule has 20 heavy (non-hydrogen) atoms. The first kappa shape index (κ1) is 16.5. The van der Waals surface area contributed by atoms with Gasteiger partial charge >= 0.3 is 5.69 Å². The predicted octanol–water partition coefficient (Wildman–Crippen LogP) is 2.45. The number of nitrogens with zero attached hydrogens (tertiary/aromatic N) is 1. The zero-order valence-electron chi connectivity index (χ0n) is 11.7. The van der Waals surface area contributed by atoms with Gasteiger partial charge in [0.15, 0.2) is 0 Å². The van der Waals surface area contributed by atoms with Crippen molar-refractivity contribution in [2.24, 2.45) is 5.41 Å². The van der Waals surface area contributed by atoms with E-state index in [4.69, 9.17) is 0 Å². The van der Waals surface area contributed by atoms with E-state index in [9.17, 15) is 22.9 Å². The first-order chi connectivity index (χ1) is 8.95. The number of nitro benzene ring substituents is 1. The van der Waals surface area contributed by atoms with Crippen LogP contribution in [0.15, 0.2) is 23.1 Å². The van der Waals surface area contributed by atoms with E-state index in [1.165, 1.54) is 0 Å². The summed E-state index contributed by atoms with van der Waals surface area (Å²) in [6.07, 6.45) is 0. The minimum Gasteiger partial charge on any atom is -0.258 e. The van der Waals surface area contributed by atoms with Crippen LogP contribution in [0.25, 0.3) is 0 Å². The lowest BCUT2D eigenvalue weighted by atomic mass is 9.89. The number of halogens is 1. The van der Waals surface area contributed by atoms with Crippen molar-refractivity contribution >= 4 is 15.7 Å². The lowest BCUT2D eigenvalue weighted by molar-refractivity contribution is -0.387. The monoisotopic (exact) mass is 304 g/mol. The van der Waals surface area contributed by atoms with Crippen LogP contribution in [0.4, 0.5) is 10.1 Å². The van der Waals surface area contributed by atoms with E-state index in [1.54, 1.807) is 6.92 Å². The average Bonchev–Trinajstić information content (AvgIpc) is 2.26. The molecule has 0 spiro atoms. The Morgan fingerprint density at radius 1 is 1.35 bits per heavy atom. The minimum atomic E-state index is -3.92. The maximum absolute atomic E-state index is 13.5. The van der Waals surface area contributed by atoms with Crippen LogP contribution in [-0.2, 0) is 10.0 Å². The van der Waals surface area contributed by atoms with Gasteiger partial charge in [0.2, 0.25) is 15.8 Å². The molecular weight excluding hydrogens is 287 g/mol. The Hall–Kier alpha value is -1.54. The molecular formula is C12H17FN2O4S. The topological polar surface area (TPSA) is 89.3 Å². The van der Waals surface area contributed by atoms with Crippen LogP contribution in [0.1, 0.15) is 27.7 Å². The fourth-order valence-electron chi connectivity index (χ4n) is 1.28. The molecule has 0 aromatic heterocycles. The van der Waals surface area contributed by atoms with E-state index in [1.807, 2.05) is 20.8 Å². The van der Waals surface area contributed by atoms with Crippen molar-refractivity contribution in [1.82, 2.24) is 4.72 Å². The van der Waals surface area contributed by atoms with Gasteiger partial charge in [0.25, 0.3) is 0 Å². The Morgan fingerprint density at radius 2 is 1.90 bits per heavy atom. The Labute approximate surface area is 117 Å². The van der Waals surface area contributed by atoms with Crippen LogP contribution in [0.2, 0.25) is 0 Å². The third-order valence-electron chi connectivity index (χ3n) is 3.06. The highest BCUT2D eigenvalue weighted by molar-refractivity contribution is 7.89. The van der Waals surface area contributed by atoms with Crippen LogP contribution in [-0.4, -0.2) is 19.4 Å². The molecule has 1 N–H and O–H groups in total. The van der Waals surface area contributed by atoms with Crippen molar-refractivity contribution < 1.29 is 17.7 Å². The second kappa shape index (κ2) is 5.45. The van der Waals surface area contributed by atoms with Gasteiger partial charge in [0.1, 0.15) is 0 Å². The molecule has 1 rings (SSSR count). The smallest absolute Gasteiger partial charge is 0.258 e. The number of hydrogen-bond donors (Lipinski definition) is 1. The number of benzene rings is 1. The summed E-state index contributed by atoms with van der Waals surface area (Å²) < 4.78 is 40.0. The molecule has 0 heterocycles. The summed E-state index contributed by atoms with van der Waals surface area (Å²) >= 11 is 0. The summed E-state index contributed by atoms with van der Waals surface area (Å²) in [6.45, 7) is 7.27. The van der Waals surface area contributed by atoms with Gasteiger partial charge in [-0.1, -0.05) is 20.8 Å². The van der Waals surface area contributed by atoms with Crippen LogP contribution in [0.3, 0.4) is 0 Å². The zero-order chi connectivity index (χ0) is 15.7. The van der Waals surface area contributed by atoms with E-state index in [0.717, 1.165) is 12.1 Å². The molecule has 1 aromatic carbocycles. The molecule has 1 aromatic rings. The van der Waals surface area contributed by atoms with Gasteiger partial charge in [0, 0.05) is 18.2 Å². The van der Waals surface area contributed by atoms with Gasteiger partial charge in [-0.3, -0.25) is 10.1 Å². The average molecular weight is 304 g/mol. The fraction of sp³-hybridized carbons (Fsp3) is 0.500. The molecule has 0 bridgehead atoms. The summed E-state index contributed by atoms with van der Waals surface area (Å²) in [5.74, 6) is -1.18. The van der Waals surface area contributed by atoms with Crippen molar-refractivity contribution in [3.8, 4) is 0 Å². The molecule has 0 aliphatic rings. The highest BCUT2D eigenvalue weighted by atomic mass is 32.2. The fourth-order valence-corrected chi connectivity index (χ4v) is 2.74. The summed E-state index contributed by atoms with van der Waals surface area (Å²) in [4.78, 5) is 9.25. The third kappa shape index (κ3) is 3.73. The zero-order valence-corrected chi connectivity index (χ0v) is 12.5. The van der Waals surface area contributed by atoms with E-state index < -0.39 is 26.5 Å². The van der Waals surface area contributed by atoms with Crippen molar-refractivity contribution in [1.29, 1.82) is 0 Å². The molecule has 0 aliphatic heterocycles. The molecule has 0 fully saturated rings. The summed E-state index contributed by atoms with van der Waals surface area (Å²) in [6, 6.07) is 2.12. The highest BCUT2D eigenvalue weighted by Gasteiger charge is 2.27. The molecule has 0 amide bonds. The van der Waals surface area contributed by atoms with Crippen molar-refractivity contribution in [2.45, 2.75) is 38.6 Å². The Morgan fingerprint density at radius 3 is 2.30 bits per heavy atom. The lowest BCUT2D eigenvalue weighted by Gasteiger charge is -2.27. The Kier molecular flexibility index (Phi) is 4.50. The largest absolute Gasteiger partial charge is 0.304 e. The minimum absolute atomic E-state index is 0.313. The lowest BCUT2D eigenvalue weighted by Crippen LogP contribution is -2.41. The van der Waals surface area contributed by atoms with Gasteiger partial charge in [0.05, 0.1) is 9.82 Å². The summed E-state index contributed by atoms with van der Waals surface area (Å²) in [5, 5.41) is 10.5. The molecule has 0 radical (unpaired) electrons. The molecule has 1 atom stereocenters. The van der Waals surface area contributed by atoms with E-state index >= 15 is 0 Å². The molecule has 0 saturated heterocycles. The van der Waals surface area contributed by atoms with E-state index in [-0.39, 0.29) is 16.4 Å². The van der Waals surface area contributed by atoms with Crippen LogP contribution in [0, 0.1) is 21.3 Å². The van der Waals surface area contributed by atoms with Crippen LogP contribution >= 0.6 is 0 Å². The standard InChI is InChI=1S/C12H17FN2O4S/c1-8(12(2,3)4)14-20(18,19)9-5-6-11(15(16)17)10(13)7-9/h5-8,14H,1-4H3. The molecule has 6 nitrogen and oxygen atoms in total. The van der Waals surface area contributed by atoms with E-state index in [2.05, 4.69) is 4.72 Å². The number of rotatable bonds is 4. The van der Waals surface area contributed by atoms with Crippen LogP contribution in [0.5, 0.6) is 0 Å². The van der Waals surface area contributed by atoms with Gasteiger partial charge in [-0.25, -0.2) is 13.1 Å². The first-order valence-corrected chi connectivity index (χ1v) is 7.40. The SMILES string of the molecule is CC(NS(=O)(=O)c1ccc([N+](=O)[O-])c(F)c1)C(C)(C)C. The summed E-state index contributed by atoms with van der Waals surface area (Å²) in [5.41, 5.74) is -1.07. The van der Waals surface area contributed by atoms with Crippen molar-refractivity contribution in [2.75, 3.05) is 0 Å². The number of nitrogens with one attached hydrogen (secondary N) is 1. The molecule has 8 heteroatoms. The third-order valence-corrected chi connectivity index (χ3v) is 4.60. The molecule has 1 unspecified atom stereocenters. The highest BCUT2D eigenvalue weighted by Crippen LogP contribution is 2.23. The van der Waals surface area contributed by atoms with Crippen LogP contribution < -0.4 is 4.72 Å². The second-order valence-electron chi connectivity index (χ2n) is 5.58. The Bertz CT molecular complexity index is 623. The van der Waals surface area contributed by atoms with Gasteiger partial charge in [-0.05, 0) is 18.4 Å². The maximum Gasteiger partial charge on any atom is 0.304 e. The number of sulfonamides is 1. The maximum atomic E-state index is 13.5. The van der Waals surface area contributed by atoms with Gasteiger partial charge in [-0.2, -0.15) is 4.39 Å². The van der Waals surface area contributed by atoms with E-state index in [0.29, 0.717) is 6.07 Å². The van der Waals surface area contributed by atoms with Crippen molar-refractivity contribution in [3.63, 3.8) is 0 Å². The summed E-state index contributed by atoms with van der Waals surface area (Å²) in [7, 11) is -3.92. The van der Waals surface area contributed by atoms with Gasteiger partial charge < -0.3 is 0 Å². The molecule has 112 valence electrons. The number of hydrogen-bond acceptors (Lipinski definition) is 4. The normalized spacial score (nSPS) is 14.1. The molecule has 0 aliphatic carbocycles. The van der Waals surface area contributed by atoms with Gasteiger partial charge in [-0.15, -0.1) is 0 Å². The number of nitro groups is 1.